The third-order valence-electron chi connectivity index (χ3n) is 0.739. The van der Waals surface area contributed by atoms with E-state index in [9.17, 15) is 0 Å². The van der Waals surface area contributed by atoms with E-state index in [1.807, 2.05) is 0 Å². The van der Waals surface area contributed by atoms with E-state index in [2.05, 4.69) is 26.9 Å². The second kappa shape index (κ2) is 3.42. The Kier molecular flexibility index (Phi) is 3.59. The van der Waals surface area contributed by atoms with Crippen LogP contribution in [0.2, 0.25) is 0 Å². The van der Waals surface area contributed by atoms with E-state index in [-0.39, 0.29) is 0 Å². The van der Waals surface area contributed by atoms with Gasteiger partial charge in [0.15, 0.2) is 0 Å². The van der Waals surface area contributed by atoms with E-state index < -0.39 is 7.49 Å². The summed E-state index contributed by atoms with van der Waals surface area (Å²) in [6, 6.07) is 0. The fourth-order valence-corrected chi connectivity index (χ4v) is 1.22. The van der Waals surface area contributed by atoms with Gasteiger partial charge < -0.3 is 0 Å². The summed E-state index contributed by atoms with van der Waals surface area (Å²) in [6.07, 6.45) is 1.14. The van der Waals surface area contributed by atoms with Crippen LogP contribution in [-0.4, -0.2) is 26.6 Å². The van der Waals surface area contributed by atoms with Crippen LogP contribution in [0.25, 0.3) is 0 Å². The van der Waals surface area contributed by atoms with E-state index in [1.165, 1.54) is 0 Å². The molecule has 0 fully saturated rings. The van der Waals surface area contributed by atoms with E-state index in [4.69, 9.17) is 4.52 Å². The molecule has 0 bridgehead atoms. The van der Waals surface area contributed by atoms with Gasteiger partial charge in [-0.15, -0.1) is 0 Å². The zero-order chi connectivity index (χ0) is 6.62. The van der Waals surface area contributed by atoms with Crippen molar-refractivity contribution in [1.29, 1.82) is 0 Å². The molecule has 0 spiro atoms. The molecule has 0 saturated carbocycles. The molecule has 0 amide bonds. The van der Waals surface area contributed by atoms with Crippen LogP contribution in [0.5, 0.6) is 0 Å². The van der Waals surface area contributed by atoms with E-state index in [1.54, 1.807) is 0 Å². The van der Waals surface area contributed by atoms with Crippen LogP contribution in [-0.2, 0) is 4.52 Å². The van der Waals surface area contributed by atoms with Gasteiger partial charge in [0.25, 0.3) is 0 Å². The van der Waals surface area contributed by atoms with E-state index in [0.717, 1.165) is 13.0 Å². The second-order valence-electron chi connectivity index (χ2n) is 2.96. The molecule has 0 atom stereocenters. The fraction of sp³-hybridized carbons (Fsp3) is 1.00. The van der Waals surface area contributed by atoms with Crippen molar-refractivity contribution < 1.29 is 4.52 Å². The molecule has 2 heteroatoms. The summed E-state index contributed by atoms with van der Waals surface area (Å²) >= 11 is 0. The third kappa shape index (κ3) is 6.39. The molecule has 0 N–H and O–H groups in total. The molecule has 0 aromatic heterocycles. The van der Waals surface area contributed by atoms with E-state index >= 15 is 0 Å². The summed E-state index contributed by atoms with van der Waals surface area (Å²) in [5.74, 6) is 0. The average Bonchev–Trinajstić information content (AvgIpc) is 1.59. The second-order valence-corrected chi connectivity index (χ2v) is 7.47. The van der Waals surface area contributed by atoms with Gasteiger partial charge in [-0.2, -0.15) is 0 Å². The molecule has 0 unspecified atom stereocenters. The van der Waals surface area contributed by atoms with Crippen molar-refractivity contribution in [3.63, 3.8) is 0 Å². The van der Waals surface area contributed by atoms with E-state index in [0.29, 0.717) is 0 Å². The molecule has 0 aliphatic carbocycles. The number of hydrogen-bond donors (Lipinski definition) is 0. The monoisotopic (exact) mass is 136 g/mol. The number of rotatable bonds is 3. The molecule has 8 heavy (non-hydrogen) atoms. The van der Waals surface area contributed by atoms with Gasteiger partial charge >= 0.3 is 52.0 Å². The first-order valence-electron chi connectivity index (χ1n) is 3.20. The van der Waals surface area contributed by atoms with Crippen LogP contribution in [0.3, 0.4) is 0 Å². The van der Waals surface area contributed by atoms with Crippen molar-refractivity contribution in [3.05, 3.63) is 0 Å². The van der Waals surface area contributed by atoms with Crippen LogP contribution < -0.4 is 0 Å². The minimum absolute atomic E-state index is 0.940. The Morgan fingerprint density at radius 2 is 1.75 bits per heavy atom. The SMILES string of the molecule is CCCO[PH](C)(C)C. The Morgan fingerprint density at radius 3 is 1.88 bits per heavy atom. The summed E-state index contributed by atoms with van der Waals surface area (Å²) in [6.45, 7) is 9.71. The predicted molar refractivity (Wildman–Crippen MR) is 42.3 cm³/mol. The van der Waals surface area contributed by atoms with Gasteiger partial charge in [0.1, 0.15) is 0 Å². The molecular weight excluding hydrogens is 119 g/mol. The Balaban J connectivity index is 3.11. The van der Waals surface area contributed by atoms with Gasteiger partial charge in [-0.3, -0.25) is 0 Å². The molecule has 0 radical (unpaired) electrons. The van der Waals surface area contributed by atoms with Crippen molar-refractivity contribution in [2.75, 3.05) is 26.6 Å². The van der Waals surface area contributed by atoms with Crippen molar-refractivity contribution in [3.8, 4) is 0 Å². The third-order valence-corrected chi connectivity index (χ3v) is 1.81. The van der Waals surface area contributed by atoms with Gasteiger partial charge in [-0.05, 0) is 0 Å². The first kappa shape index (κ1) is 8.39. The minimum atomic E-state index is -1.18. The summed E-state index contributed by atoms with van der Waals surface area (Å²) in [4.78, 5) is 0. The van der Waals surface area contributed by atoms with Crippen LogP contribution in [0, 0.1) is 0 Å². The molecular formula is C6H17OP. The van der Waals surface area contributed by atoms with Gasteiger partial charge in [-0.25, -0.2) is 0 Å². The molecule has 0 aromatic carbocycles. The summed E-state index contributed by atoms with van der Waals surface area (Å²) in [5, 5.41) is 0. The zero-order valence-corrected chi connectivity index (χ0v) is 7.32. The van der Waals surface area contributed by atoms with Crippen molar-refractivity contribution in [2.45, 2.75) is 13.3 Å². The van der Waals surface area contributed by atoms with Gasteiger partial charge in [0.2, 0.25) is 0 Å². The van der Waals surface area contributed by atoms with Crippen molar-refractivity contribution in [1.82, 2.24) is 0 Å². The maximum atomic E-state index is 5.52. The van der Waals surface area contributed by atoms with Crippen LogP contribution in [0.4, 0.5) is 0 Å². The normalized spacial score (nSPS) is 14.0. The van der Waals surface area contributed by atoms with Gasteiger partial charge in [0, 0.05) is 0 Å². The fourth-order valence-electron chi connectivity index (χ4n) is 0.408. The number of hydrogen-bond acceptors (Lipinski definition) is 1. The standard InChI is InChI=1S/C6H17OP/c1-5-6-7-8(2,3)4/h8H,5-6H2,1-4H3. The first-order chi connectivity index (χ1) is 3.56. The quantitative estimate of drug-likeness (QED) is 0.539. The van der Waals surface area contributed by atoms with Crippen LogP contribution >= 0.6 is 7.49 Å². The summed E-state index contributed by atoms with van der Waals surface area (Å²) in [7, 11) is -1.18. The van der Waals surface area contributed by atoms with Gasteiger partial charge in [-0.1, -0.05) is 0 Å². The first-order valence-corrected chi connectivity index (χ1v) is 6.61. The van der Waals surface area contributed by atoms with Gasteiger partial charge in [0.05, 0.1) is 0 Å². The summed E-state index contributed by atoms with van der Waals surface area (Å²) < 4.78 is 5.52. The Bertz CT molecular complexity index is 56.0. The topological polar surface area (TPSA) is 9.23 Å². The molecule has 0 aliphatic heterocycles. The van der Waals surface area contributed by atoms with Crippen LogP contribution in [0.1, 0.15) is 13.3 Å². The molecule has 0 aliphatic rings. The zero-order valence-electron chi connectivity index (χ0n) is 6.32. The van der Waals surface area contributed by atoms with Crippen molar-refractivity contribution in [2.24, 2.45) is 0 Å². The molecule has 0 saturated heterocycles. The van der Waals surface area contributed by atoms with Crippen molar-refractivity contribution >= 4 is 7.49 Å². The Hall–Kier alpha value is 0.390. The molecule has 0 rings (SSSR count). The molecule has 0 heterocycles. The predicted octanol–water partition coefficient (Wildman–Crippen LogP) is 1.97. The Labute approximate surface area is 52.8 Å². The summed E-state index contributed by atoms with van der Waals surface area (Å²) in [5.41, 5.74) is 0. The molecule has 52 valence electrons. The molecule has 1 nitrogen and oxygen atoms in total. The maximum absolute atomic E-state index is 5.52. The van der Waals surface area contributed by atoms with Crippen LogP contribution in [0.15, 0.2) is 0 Å². The Morgan fingerprint density at radius 1 is 1.25 bits per heavy atom. The molecule has 0 aromatic rings. The average molecular weight is 136 g/mol.